The van der Waals surface area contributed by atoms with E-state index in [2.05, 4.69) is 158 Å². The lowest BCUT2D eigenvalue weighted by Gasteiger charge is -2.29. The Bertz CT molecular complexity index is 2080. The molecule has 0 N–H and O–H groups in total. The summed E-state index contributed by atoms with van der Waals surface area (Å²) in [6.07, 6.45) is 13.5. The first-order valence-electron chi connectivity index (χ1n) is 20.0. The summed E-state index contributed by atoms with van der Waals surface area (Å²) in [5.41, 5.74) is 17.1. The Hall–Kier alpha value is -4.88. The second-order valence-electron chi connectivity index (χ2n) is 16.2. The fraction of sp³-hybridized carbons (Fsp3) is 0.294. The molecule has 0 spiro atoms. The minimum absolute atomic E-state index is 0.152. The van der Waals surface area contributed by atoms with Gasteiger partial charge in [0, 0.05) is 22.5 Å². The van der Waals surface area contributed by atoms with Gasteiger partial charge in [-0.3, -0.25) is 0 Å². The smallest absolute Gasteiger partial charge is 0.0465 e. The fourth-order valence-electron chi connectivity index (χ4n) is 9.73. The van der Waals surface area contributed by atoms with E-state index in [-0.39, 0.29) is 5.41 Å². The van der Waals surface area contributed by atoms with E-state index in [1.165, 1.54) is 137 Å². The van der Waals surface area contributed by atoms with Crippen LogP contribution in [0, 0.1) is 0 Å². The van der Waals surface area contributed by atoms with E-state index < -0.39 is 0 Å². The summed E-state index contributed by atoms with van der Waals surface area (Å²) in [5, 5.41) is 0. The molecule has 260 valence electrons. The quantitative estimate of drug-likeness (QED) is 0.163. The second-order valence-corrected chi connectivity index (χ2v) is 16.2. The van der Waals surface area contributed by atoms with E-state index in [1.807, 2.05) is 0 Å². The van der Waals surface area contributed by atoms with Crippen LogP contribution in [0.4, 0.5) is 17.1 Å². The van der Waals surface area contributed by atoms with Crippen LogP contribution < -0.4 is 4.90 Å². The van der Waals surface area contributed by atoms with Crippen molar-refractivity contribution in [2.24, 2.45) is 0 Å². The zero-order valence-corrected chi connectivity index (χ0v) is 31.0. The van der Waals surface area contributed by atoms with E-state index in [0.29, 0.717) is 11.8 Å². The largest absolute Gasteiger partial charge is 0.310 e. The predicted molar refractivity (Wildman–Crippen MR) is 221 cm³/mol. The Balaban J connectivity index is 1.14. The van der Waals surface area contributed by atoms with E-state index in [9.17, 15) is 0 Å². The Kier molecular flexibility index (Phi) is 8.83. The van der Waals surface area contributed by atoms with Crippen molar-refractivity contribution in [3.05, 3.63) is 162 Å². The molecule has 6 aromatic rings. The molecule has 3 aliphatic rings. The summed E-state index contributed by atoms with van der Waals surface area (Å²) in [6.45, 7) is 4.83. The summed E-state index contributed by atoms with van der Waals surface area (Å²) in [4.78, 5) is 2.50. The molecule has 0 heterocycles. The van der Waals surface area contributed by atoms with Crippen LogP contribution >= 0.6 is 0 Å². The standard InChI is InChI=1S/C51H51N/c1-51(2)49-33-44(31-32-45(49)48-34-46(40-19-11-5-12-20-40)47(35-50(48)51)41-21-13-6-14-22-41)52(42-27-23-38(24-28-42)36-15-7-3-8-16-36)43-29-25-39(26-30-43)37-17-9-4-10-18-37/h5-6,11-14,19-37H,3-4,7-10,15-18H2,1-2H3. The number of hydrogen-bond acceptors (Lipinski definition) is 1. The van der Waals surface area contributed by atoms with Crippen molar-refractivity contribution in [3.8, 4) is 33.4 Å². The molecule has 9 rings (SSSR count). The summed E-state index contributed by atoms with van der Waals surface area (Å²) in [6, 6.07) is 53.2. The summed E-state index contributed by atoms with van der Waals surface area (Å²) >= 11 is 0. The third kappa shape index (κ3) is 6.09. The monoisotopic (exact) mass is 677 g/mol. The van der Waals surface area contributed by atoms with E-state index >= 15 is 0 Å². The van der Waals surface area contributed by atoms with Gasteiger partial charge in [-0.15, -0.1) is 0 Å². The zero-order valence-electron chi connectivity index (χ0n) is 31.0. The molecule has 0 aromatic heterocycles. The topological polar surface area (TPSA) is 3.24 Å². The van der Waals surface area contributed by atoms with Gasteiger partial charge in [-0.05, 0) is 142 Å². The second kappa shape index (κ2) is 13.9. The van der Waals surface area contributed by atoms with Crippen LogP contribution in [0.5, 0.6) is 0 Å². The zero-order chi connectivity index (χ0) is 35.1. The van der Waals surface area contributed by atoms with Crippen molar-refractivity contribution in [3.63, 3.8) is 0 Å². The number of anilines is 3. The first-order valence-corrected chi connectivity index (χ1v) is 20.0. The molecule has 0 saturated heterocycles. The van der Waals surface area contributed by atoms with Gasteiger partial charge in [0.15, 0.2) is 0 Å². The van der Waals surface area contributed by atoms with Gasteiger partial charge in [-0.1, -0.05) is 143 Å². The number of hydrogen-bond donors (Lipinski definition) is 0. The Labute approximate surface area is 311 Å². The average molecular weight is 678 g/mol. The third-order valence-corrected chi connectivity index (χ3v) is 12.7. The van der Waals surface area contributed by atoms with Gasteiger partial charge in [0.05, 0.1) is 0 Å². The lowest BCUT2D eigenvalue weighted by molar-refractivity contribution is 0.443. The van der Waals surface area contributed by atoms with Gasteiger partial charge in [-0.25, -0.2) is 0 Å². The van der Waals surface area contributed by atoms with Crippen LogP contribution in [0.3, 0.4) is 0 Å². The average Bonchev–Trinajstić information content (AvgIpc) is 3.44. The Morgan fingerprint density at radius 3 is 1.35 bits per heavy atom. The minimum Gasteiger partial charge on any atom is -0.310 e. The number of rotatable bonds is 7. The molecule has 52 heavy (non-hydrogen) atoms. The molecule has 0 unspecified atom stereocenters. The number of fused-ring (bicyclic) bond motifs is 3. The maximum Gasteiger partial charge on any atom is 0.0465 e. The molecule has 2 saturated carbocycles. The van der Waals surface area contributed by atoms with Gasteiger partial charge in [0.1, 0.15) is 0 Å². The number of nitrogens with zero attached hydrogens (tertiary/aromatic N) is 1. The first-order chi connectivity index (χ1) is 25.5. The molecule has 1 heteroatoms. The van der Waals surface area contributed by atoms with Crippen molar-refractivity contribution in [1.29, 1.82) is 0 Å². The van der Waals surface area contributed by atoms with Crippen molar-refractivity contribution >= 4 is 17.1 Å². The van der Waals surface area contributed by atoms with Gasteiger partial charge in [0.2, 0.25) is 0 Å². The molecule has 6 aromatic carbocycles. The van der Waals surface area contributed by atoms with E-state index in [4.69, 9.17) is 0 Å². The molecular formula is C51H51N. The maximum absolute atomic E-state index is 2.50. The SMILES string of the molecule is CC1(C)c2cc(N(c3ccc(C4CCCCC4)cc3)c3ccc(C4CCCCC4)cc3)ccc2-c2cc(-c3ccccc3)c(-c3ccccc3)cc21. The molecule has 3 aliphatic carbocycles. The molecule has 0 atom stereocenters. The summed E-state index contributed by atoms with van der Waals surface area (Å²) < 4.78 is 0. The first kappa shape index (κ1) is 33.0. The molecule has 1 nitrogen and oxygen atoms in total. The molecular weight excluding hydrogens is 627 g/mol. The normalized spacial score (nSPS) is 17.0. The van der Waals surface area contributed by atoms with Crippen LogP contribution in [0.1, 0.15) is 112 Å². The van der Waals surface area contributed by atoms with Crippen LogP contribution in [-0.4, -0.2) is 0 Å². The summed E-state index contributed by atoms with van der Waals surface area (Å²) in [7, 11) is 0. The third-order valence-electron chi connectivity index (χ3n) is 12.7. The van der Waals surface area contributed by atoms with Gasteiger partial charge in [-0.2, -0.15) is 0 Å². The van der Waals surface area contributed by atoms with Crippen LogP contribution in [0.2, 0.25) is 0 Å². The molecule has 0 radical (unpaired) electrons. The molecule has 0 aliphatic heterocycles. The molecule has 2 fully saturated rings. The van der Waals surface area contributed by atoms with Crippen LogP contribution in [-0.2, 0) is 5.41 Å². The van der Waals surface area contributed by atoms with Crippen LogP contribution in [0.25, 0.3) is 33.4 Å². The predicted octanol–water partition coefficient (Wildman–Crippen LogP) is 14.9. The van der Waals surface area contributed by atoms with Gasteiger partial charge in [0.25, 0.3) is 0 Å². The van der Waals surface area contributed by atoms with Crippen molar-refractivity contribution in [2.45, 2.75) is 95.3 Å². The van der Waals surface area contributed by atoms with Crippen molar-refractivity contribution in [1.82, 2.24) is 0 Å². The lowest BCUT2D eigenvalue weighted by atomic mass is 9.80. The maximum atomic E-state index is 2.50. The van der Waals surface area contributed by atoms with Crippen molar-refractivity contribution < 1.29 is 0 Å². The molecule has 0 bridgehead atoms. The Morgan fingerprint density at radius 1 is 0.404 bits per heavy atom. The Morgan fingerprint density at radius 2 is 0.846 bits per heavy atom. The van der Waals surface area contributed by atoms with E-state index in [0.717, 1.165) is 0 Å². The minimum atomic E-state index is -0.152. The highest BCUT2D eigenvalue weighted by Gasteiger charge is 2.37. The van der Waals surface area contributed by atoms with E-state index in [1.54, 1.807) is 0 Å². The number of benzene rings is 6. The highest BCUT2D eigenvalue weighted by Crippen LogP contribution is 2.53. The highest BCUT2D eigenvalue weighted by molar-refractivity contribution is 5.93. The summed E-state index contributed by atoms with van der Waals surface area (Å²) in [5.74, 6) is 1.40. The van der Waals surface area contributed by atoms with Gasteiger partial charge < -0.3 is 4.90 Å². The highest BCUT2D eigenvalue weighted by atomic mass is 15.1. The lowest BCUT2D eigenvalue weighted by Crippen LogP contribution is -2.17. The van der Waals surface area contributed by atoms with Crippen molar-refractivity contribution in [2.75, 3.05) is 4.90 Å². The molecule has 0 amide bonds. The van der Waals surface area contributed by atoms with Gasteiger partial charge >= 0.3 is 0 Å². The van der Waals surface area contributed by atoms with Crippen LogP contribution in [0.15, 0.2) is 140 Å². The fourth-order valence-corrected chi connectivity index (χ4v) is 9.73.